The Kier molecular flexibility index (Phi) is 5.06. The monoisotopic (exact) mass is 356 g/mol. The molecule has 1 nitrogen and oxygen atoms in total. The second-order valence-electron chi connectivity index (χ2n) is 4.69. The van der Waals surface area contributed by atoms with E-state index in [-0.39, 0.29) is 11.6 Å². The van der Waals surface area contributed by atoms with Gasteiger partial charge in [0, 0.05) is 10.9 Å². The van der Waals surface area contributed by atoms with Crippen molar-refractivity contribution in [3.8, 4) is 5.75 Å². The second kappa shape index (κ2) is 6.59. The maximum atomic E-state index is 13.8. The Morgan fingerprint density at radius 1 is 1.20 bits per heavy atom. The highest BCUT2D eigenvalue weighted by molar-refractivity contribution is 9.08. The molecular weight excluding hydrogens is 343 g/mol. The van der Waals surface area contributed by atoms with E-state index < -0.39 is 5.82 Å². The standard InChI is InChI=1S/C16H15BrClFO/c1-10-6-12(8-17)7-11(2)16(10)20-9-13-4-3-5-14(18)15(13)19/h3-7H,8-9H2,1-2H3. The van der Waals surface area contributed by atoms with E-state index in [0.717, 1.165) is 22.2 Å². The molecule has 0 bridgehead atoms. The van der Waals surface area contributed by atoms with Gasteiger partial charge >= 0.3 is 0 Å². The van der Waals surface area contributed by atoms with E-state index in [1.807, 2.05) is 13.8 Å². The molecule has 0 aliphatic rings. The fraction of sp³-hybridized carbons (Fsp3) is 0.250. The van der Waals surface area contributed by atoms with Gasteiger partial charge in [-0.1, -0.05) is 51.8 Å². The molecule has 0 saturated carbocycles. The van der Waals surface area contributed by atoms with E-state index in [1.54, 1.807) is 12.1 Å². The van der Waals surface area contributed by atoms with E-state index in [4.69, 9.17) is 16.3 Å². The molecule has 2 aromatic carbocycles. The zero-order valence-corrected chi connectivity index (χ0v) is 13.7. The molecule has 4 heteroatoms. The largest absolute Gasteiger partial charge is 0.488 e. The summed E-state index contributed by atoms with van der Waals surface area (Å²) in [5, 5.41) is 0.923. The number of ether oxygens (including phenoxy) is 1. The SMILES string of the molecule is Cc1cc(CBr)cc(C)c1OCc1cccc(Cl)c1F. The molecule has 0 amide bonds. The summed E-state index contributed by atoms with van der Waals surface area (Å²) in [6.07, 6.45) is 0. The van der Waals surface area contributed by atoms with Crippen LogP contribution in [0.2, 0.25) is 5.02 Å². The molecule has 0 aliphatic carbocycles. The lowest BCUT2D eigenvalue weighted by molar-refractivity contribution is 0.295. The summed E-state index contributed by atoms with van der Waals surface area (Å²) in [5.74, 6) is 0.385. The minimum absolute atomic E-state index is 0.120. The Morgan fingerprint density at radius 2 is 1.85 bits per heavy atom. The Morgan fingerprint density at radius 3 is 2.45 bits per heavy atom. The molecule has 0 fully saturated rings. The van der Waals surface area contributed by atoms with Crippen LogP contribution in [0.4, 0.5) is 4.39 Å². The lowest BCUT2D eigenvalue weighted by Crippen LogP contribution is -2.02. The molecule has 106 valence electrons. The van der Waals surface area contributed by atoms with Crippen molar-refractivity contribution >= 4 is 27.5 Å². The zero-order chi connectivity index (χ0) is 14.7. The van der Waals surface area contributed by atoms with Crippen molar-refractivity contribution in [3.63, 3.8) is 0 Å². The third kappa shape index (κ3) is 3.33. The predicted molar refractivity (Wildman–Crippen MR) is 84.3 cm³/mol. The number of hydrogen-bond donors (Lipinski definition) is 0. The van der Waals surface area contributed by atoms with Gasteiger partial charge in [-0.2, -0.15) is 0 Å². The summed E-state index contributed by atoms with van der Waals surface area (Å²) in [7, 11) is 0. The van der Waals surface area contributed by atoms with Gasteiger partial charge in [-0.15, -0.1) is 0 Å². The van der Waals surface area contributed by atoms with Gasteiger partial charge in [-0.05, 0) is 36.6 Å². The number of hydrogen-bond acceptors (Lipinski definition) is 1. The first-order valence-corrected chi connectivity index (χ1v) is 7.74. The molecule has 0 radical (unpaired) electrons. The van der Waals surface area contributed by atoms with E-state index in [1.165, 1.54) is 11.6 Å². The molecule has 0 heterocycles. The zero-order valence-electron chi connectivity index (χ0n) is 11.3. The number of alkyl halides is 1. The van der Waals surface area contributed by atoms with Gasteiger partial charge in [-0.3, -0.25) is 0 Å². The summed E-state index contributed by atoms with van der Waals surface area (Å²) < 4.78 is 19.6. The highest BCUT2D eigenvalue weighted by Crippen LogP contribution is 2.27. The van der Waals surface area contributed by atoms with Crippen molar-refractivity contribution in [2.75, 3.05) is 0 Å². The second-order valence-corrected chi connectivity index (χ2v) is 5.66. The lowest BCUT2D eigenvalue weighted by atomic mass is 10.1. The Labute approximate surface area is 131 Å². The third-order valence-electron chi connectivity index (χ3n) is 3.08. The molecule has 0 atom stereocenters. The lowest BCUT2D eigenvalue weighted by Gasteiger charge is -2.14. The highest BCUT2D eigenvalue weighted by Gasteiger charge is 2.10. The van der Waals surface area contributed by atoms with Crippen molar-refractivity contribution in [1.29, 1.82) is 0 Å². The van der Waals surface area contributed by atoms with E-state index in [0.29, 0.717) is 5.56 Å². The molecule has 2 rings (SSSR count). The topological polar surface area (TPSA) is 9.23 Å². The third-order valence-corrected chi connectivity index (χ3v) is 4.02. The van der Waals surface area contributed by atoms with Crippen LogP contribution in [0.25, 0.3) is 0 Å². The average molecular weight is 358 g/mol. The fourth-order valence-corrected chi connectivity index (χ4v) is 2.67. The van der Waals surface area contributed by atoms with Crippen LogP contribution in [0.3, 0.4) is 0 Å². The first-order chi connectivity index (χ1) is 9.52. The number of rotatable bonds is 4. The maximum Gasteiger partial charge on any atom is 0.148 e. The van der Waals surface area contributed by atoms with Crippen LogP contribution in [0.5, 0.6) is 5.75 Å². The van der Waals surface area contributed by atoms with Crippen molar-refractivity contribution in [1.82, 2.24) is 0 Å². The summed E-state index contributed by atoms with van der Waals surface area (Å²) in [4.78, 5) is 0. The number of benzene rings is 2. The Balaban J connectivity index is 2.21. The first-order valence-electron chi connectivity index (χ1n) is 6.24. The van der Waals surface area contributed by atoms with Crippen LogP contribution in [0.15, 0.2) is 30.3 Å². The van der Waals surface area contributed by atoms with Gasteiger partial charge in [0.2, 0.25) is 0 Å². The van der Waals surface area contributed by atoms with Crippen LogP contribution >= 0.6 is 27.5 Å². The molecule has 0 spiro atoms. The van der Waals surface area contributed by atoms with Crippen LogP contribution < -0.4 is 4.74 Å². The molecule has 2 aromatic rings. The van der Waals surface area contributed by atoms with Gasteiger partial charge in [0.05, 0.1) is 5.02 Å². The van der Waals surface area contributed by atoms with Gasteiger partial charge in [0.1, 0.15) is 18.2 Å². The molecule has 0 aromatic heterocycles. The quantitative estimate of drug-likeness (QED) is 0.650. The summed E-state index contributed by atoms with van der Waals surface area (Å²) >= 11 is 9.20. The van der Waals surface area contributed by atoms with E-state index in [9.17, 15) is 4.39 Å². The average Bonchev–Trinajstić information content (AvgIpc) is 2.42. The van der Waals surface area contributed by atoms with Crippen molar-refractivity contribution in [3.05, 3.63) is 63.4 Å². The van der Waals surface area contributed by atoms with E-state index in [2.05, 4.69) is 28.1 Å². The summed E-state index contributed by atoms with van der Waals surface area (Å²) in [6, 6.07) is 9.05. The van der Waals surface area contributed by atoms with Crippen LogP contribution in [0.1, 0.15) is 22.3 Å². The molecule has 20 heavy (non-hydrogen) atoms. The van der Waals surface area contributed by atoms with E-state index >= 15 is 0 Å². The van der Waals surface area contributed by atoms with Gasteiger partial charge in [0.15, 0.2) is 0 Å². The summed E-state index contributed by atoms with van der Waals surface area (Å²) in [6.45, 7) is 4.15. The molecule has 0 saturated heterocycles. The van der Waals surface area contributed by atoms with Crippen molar-refractivity contribution < 1.29 is 9.13 Å². The normalized spacial score (nSPS) is 10.7. The first kappa shape index (κ1) is 15.3. The fourth-order valence-electron chi connectivity index (χ4n) is 2.15. The summed E-state index contributed by atoms with van der Waals surface area (Å²) in [5.41, 5.74) is 3.74. The molecular formula is C16H15BrClFO. The Hall–Kier alpha value is -1.06. The smallest absolute Gasteiger partial charge is 0.148 e. The van der Waals surface area contributed by atoms with Crippen LogP contribution in [0, 0.1) is 19.7 Å². The highest BCUT2D eigenvalue weighted by atomic mass is 79.9. The van der Waals surface area contributed by atoms with Crippen LogP contribution in [-0.2, 0) is 11.9 Å². The van der Waals surface area contributed by atoms with Gasteiger partial charge in [0.25, 0.3) is 0 Å². The predicted octanol–water partition coefficient (Wildman–Crippen LogP) is 5.57. The Bertz CT molecular complexity index is 605. The molecule has 0 unspecified atom stereocenters. The molecule has 0 aliphatic heterocycles. The minimum Gasteiger partial charge on any atom is -0.488 e. The maximum absolute atomic E-state index is 13.8. The minimum atomic E-state index is -0.415. The van der Waals surface area contributed by atoms with Crippen molar-refractivity contribution in [2.45, 2.75) is 25.8 Å². The van der Waals surface area contributed by atoms with Gasteiger partial charge in [-0.25, -0.2) is 4.39 Å². The number of aryl methyl sites for hydroxylation is 2. The number of halogens is 3. The molecule has 0 N–H and O–H groups in total. The van der Waals surface area contributed by atoms with Gasteiger partial charge < -0.3 is 4.74 Å². The van der Waals surface area contributed by atoms with Crippen LogP contribution in [-0.4, -0.2) is 0 Å². The van der Waals surface area contributed by atoms with Crippen molar-refractivity contribution in [2.24, 2.45) is 0 Å².